The molecule has 0 spiro atoms. The zero-order valence-corrected chi connectivity index (χ0v) is 22.4. The monoisotopic (exact) mass is 546 g/mol. The quantitative estimate of drug-likeness (QED) is 0.317. The van der Waals surface area contributed by atoms with E-state index < -0.39 is 28.5 Å². The van der Waals surface area contributed by atoms with Crippen LogP contribution in [0.25, 0.3) is 0 Å². The number of ether oxygens (including phenoxy) is 1. The van der Waals surface area contributed by atoms with Crippen molar-refractivity contribution in [2.45, 2.75) is 38.3 Å². The first-order valence-electron chi connectivity index (χ1n) is 11.5. The molecule has 0 saturated carbocycles. The van der Waals surface area contributed by atoms with Gasteiger partial charge in [0.05, 0.1) is 36.7 Å². The van der Waals surface area contributed by atoms with E-state index in [1.54, 1.807) is 24.3 Å². The van der Waals surface area contributed by atoms with Gasteiger partial charge < -0.3 is 15.4 Å². The van der Waals surface area contributed by atoms with E-state index >= 15 is 0 Å². The Bertz CT molecular complexity index is 1280. The predicted molar refractivity (Wildman–Crippen MR) is 142 cm³/mol. The lowest BCUT2D eigenvalue weighted by atomic mass is 10.0. The van der Waals surface area contributed by atoms with Gasteiger partial charge in [0.15, 0.2) is 0 Å². The van der Waals surface area contributed by atoms with E-state index in [4.69, 9.17) is 4.74 Å². The lowest BCUT2D eigenvalue weighted by Gasteiger charge is -2.23. The molecule has 10 nitrogen and oxygen atoms in total. The fourth-order valence-corrected chi connectivity index (χ4v) is 4.85. The number of aromatic nitrogens is 1. The molecule has 1 unspecified atom stereocenters. The van der Waals surface area contributed by atoms with Gasteiger partial charge in [-0.1, -0.05) is 49.4 Å². The van der Waals surface area contributed by atoms with Crippen LogP contribution in [-0.2, 0) is 43.3 Å². The van der Waals surface area contributed by atoms with E-state index in [1.807, 2.05) is 42.6 Å². The van der Waals surface area contributed by atoms with E-state index in [0.29, 0.717) is 17.8 Å². The van der Waals surface area contributed by atoms with Gasteiger partial charge in [0.25, 0.3) is 0 Å². The Balaban J connectivity index is 1.82. The first kappa shape index (κ1) is 28.1. The largest absolute Gasteiger partial charge is 0.453 e. The topological polar surface area (TPSA) is 136 Å². The fourth-order valence-electron chi connectivity index (χ4n) is 3.54. The number of thiazole rings is 1. The molecule has 0 aliphatic heterocycles. The van der Waals surface area contributed by atoms with Gasteiger partial charge >= 0.3 is 16.4 Å². The lowest BCUT2D eigenvalue weighted by Crippen LogP contribution is -2.49. The highest BCUT2D eigenvalue weighted by Crippen LogP contribution is 2.23. The number of hydrogen-bond acceptors (Lipinski definition) is 8. The third-order valence-corrected chi connectivity index (χ3v) is 7.41. The number of amides is 2. The predicted octanol–water partition coefficient (Wildman–Crippen LogP) is 3.38. The Labute approximate surface area is 220 Å². The second-order valence-electron chi connectivity index (χ2n) is 8.08. The van der Waals surface area contributed by atoms with E-state index in [1.165, 1.54) is 18.4 Å². The number of aryl methyl sites for hydroxylation is 1. The molecular weight excluding hydrogens is 516 g/mol. The normalized spacial score (nSPS) is 12.8. The number of hydrogen-bond donors (Lipinski definition) is 3. The summed E-state index contributed by atoms with van der Waals surface area (Å²) < 4.78 is 34.7. The minimum absolute atomic E-state index is 0.278. The molecule has 0 aliphatic rings. The van der Waals surface area contributed by atoms with Crippen LogP contribution in [0.2, 0.25) is 0 Å². The van der Waals surface area contributed by atoms with Crippen molar-refractivity contribution in [2.24, 2.45) is 0 Å². The van der Waals surface area contributed by atoms with Crippen molar-refractivity contribution in [2.75, 3.05) is 18.9 Å². The standard InChI is InChI=1S/C25H30N4O6S2/c1-4-23-26-22(16-36-23)20(14-18-10-12-19(13-11-18)29-37(32,33)35-3)27-24(30)21(28-25(31)34-2)15-17-8-6-5-7-9-17/h5-13,16,20-21,29H,4,14-15H2,1-3H3,(H,27,30)(H,28,31)/t20?,21-/m0/s1. The molecule has 3 rings (SSSR count). The van der Waals surface area contributed by atoms with Gasteiger partial charge in [-0.25, -0.2) is 9.78 Å². The lowest BCUT2D eigenvalue weighted by molar-refractivity contribution is -0.123. The van der Waals surface area contributed by atoms with Gasteiger partial charge in [-0.05, 0) is 36.1 Å². The second kappa shape index (κ2) is 13.2. The number of nitrogens with zero attached hydrogens (tertiary/aromatic N) is 1. The summed E-state index contributed by atoms with van der Waals surface area (Å²) in [6.45, 7) is 2.01. The SMILES string of the molecule is CCc1nc(C(Cc2ccc(NS(=O)(=O)OC)cc2)NC(=O)[C@H](Cc2ccccc2)NC(=O)OC)cs1. The number of benzene rings is 2. The molecule has 0 bridgehead atoms. The smallest absolute Gasteiger partial charge is 0.407 e. The molecule has 0 radical (unpaired) electrons. The highest BCUT2D eigenvalue weighted by atomic mass is 32.2. The third-order valence-electron chi connectivity index (χ3n) is 5.48. The van der Waals surface area contributed by atoms with Gasteiger partial charge in [-0.2, -0.15) is 8.42 Å². The molecule has 1 aromatic heterocycles. The number of alkyl carbamates (subject to hydrolysis) is 1. The summed E-state index contributed by atoms with van der Waals surface area (Å²) in [7, 11) is -1.56. The van der Waals surface area contributed by atoms with E-state index in [2.05, 4.69) is 24.5 Å². The van der Waals surface area contributed by atoms with Gasteiger partial charge in [0.2, 0.25) is 5.91 Å². The van der Waals surface area contributed by atoms with Gasteiger partial charge in [0, 0.05) is 11.8 Å². The zero-order valence-electron chi connectivity index (χ0n) is 20.8. The van der Waals surface area contributed by atoms with Crippen LogP contribution in [0, 0.1) is 0 Å². The number of carbonyl (C=O) groups excluding carboxylic acids is 2. The van der Waals surface area contributed by atoms with Crippen LogP contribution in [0.5, 0.6) is 0 Å². The number of rotatable bonds is 12. The van der Waals surface area contributed by atoms with Crippen molar-refractivity contribution >= 4 is 39.3 Å². The maximum Gasteiger partial charge on any atom is 0.407 e. The number of carbonyl (C=O) groups is 2. The van der Waals surface area contributed by atoms with Crippen LogP contribution in [-0.4, -0.2) is 45.7 Å². The molecule has 0 fully saturated rings. The molecule has 37 heavy (non-hydrogen) atoms. The van der Waals surface area contributed by atoms with Crippen molar-refractivity contribution in [3.8, 4) is 0 Å². The molecule has 0 saturated heterocycles. The third kappa shape index (κ3) is 8.55. The maximum absolute atomic E-state index is 13.4. The summed E-state index contributed by atoms with van der Waals surface area (Å²) in [6, 6.07) is 14.8. The molecular formula is C25H30N4O6S2. The maximum atomic E-state index is 13.4. The Morgan fingerprint density at radius 1 is 0.973 bits per heavy atom. The summed E-state index contributed by atoms with van der Waals surface area (Å²) in [5.41, 5.74) is 2.78. The van der Waals surface area contributed by atoms with Gasteiger partial charge in [-0.3, -0.25) is 13.7 Å². The minimum Gasteiger partial charge on any atom is -0.453 e. The Kier molecular flexibility index (Phi) is 10.0. The molecule has 2 amide bonds. The summed E-state index contributed by atoms with van der Waals surface area (Å²) in [6.07, 6.45) is 0.732. The summed E-state index contributed by atoms with van der Waals surface area (Å²) in [4.78, 5) is 30.0. The van der Waals surface area contributed by atoms with Crippen molar-refractivity contribution in [1.29, 1.82) is 0 Å². The summed E-state index contributed by atoms with van der Waals surface area (Å²) in [5.74, 6) is -0.380. The van der Waals surface area contributed by atoms with Crippen molar-refractivity contribution < 1.29 is 26.9 Å². The van der Waals surface area contributed by atoms with Gasteiger partial charge in [-0.15, -0.1) is 11.3 Å². The van der Waals surface area contributed by atoms with Crippen molar-refractivity contribution in [1.82, 2.24) is 15.6 Å². The Morgan fingerprint density at radius 2 is 1.65 bits per heavy atom. The molecule has 12 heteroatoms. The highest BCUT2D eigenvalue weighted by Gasteiger charge is 2.26. The van der Waals surface area contributed by atoms with E-state index in [9.17, 15) is 18.0 Å². The highest BCUT2D eigenvalue weighted by molar-refractivity contribution is 7.88. The molecule has 198 valence electrons. The molecule has 1 heterocycles. The first-order chi connectivity index (χ1) is 17.7. The number of methoxy groups -OCH3 is 1. The van der Waals surface area contributed by atoms with Gasteiger partial charge in [0.1, 0.15) is 6.04 Å². The average Bonchev–Trinajstić information content (AvgIpc) is 3.39. The minimum atomic E-state index is -3.88. The van der Waals surface area contributed by atoms with Crippen LogP contribution in [0.3, 0.4) is 0 Å². The van der Waals surface area contributed by atoms with E-state index in [0.717, 1.165) is 29.7 Å². The van der Waals surface area contributed by atoms with Crippen LogP contribution >= 0.6 is 11.3 Å². The second-order valence-corrected chi connectivity index (χ2v) is 10.5. The van der Waals surface area contributed by atoms with Crippen molar-refractivity contribution in [3.05, 3.63) is 81.8 Å². The van der Waals surface area contributed by atoms with Crippen LogP contribution in [0.1, 0.15) is 34.8 Å². The Morgan fingerprint density at radius 3 is 2.24 bits per heavy atom. The average molecular weight is 547 g/mol. The van der Waals surface area contributed by atoms with Crippen LogP contribution in [0.4, 0.5) is 10.5 Å². The fraction of sp³-hybridized carbons (Fsp3) is 0.320. The Hall–Kier alpha value is -3.48. The first-order valence-corrected chi connectivity index (χ1v) is 13.8. The molecule has 0 aliphatic carbocycles. The zero-order chi connectivity index (χ0) is 26.8. The number of nitrogens with one attached hydrogen (secondary N) is 3. The molecule has 2 aromatic carbocycles. The summed E-state index contributed by atoms with van der Waals surface area (Å²) >= 11 is 1.51. The molecule has 3 N–H and O–H groups in total. The molecule has 3 aromatic rings. The number of anilines is 1. The van der Waals surface area contributed by atoms with Crippen LogP contribution < -0.4 is 15.4 Å². The molecule has 2 atom stereocenters. The van der Waals surface area contributed by atoms with E-state index in [-0.39, 0.29) is 12.3 Å². The van der Waals surface area contributed by atoms with Crippen LogP contribution in [0.15, 0.2) is 60.0 Å². The summed E-state index contributed by atoms with van der Waals surface area (Å²) in [5, 5.41) is 8.50. The van der Waals surface area contributed by atoms with Crippen molar-refractivity contribution in [3.63, 3.8) is 0 Å².